The molecule has 1 N–H and O–H groups in total. The lowest BCUT2D eigenvalue weighted by Crippen LogP contribution is -2.28. The van der Waals surface area contributed by atoms with Crippen LogP contribution < -0.4 is 0 Å². The molecule has 0 saturated heterocycles. The van der Waals surface area contributed by atoms with Gasteiger partial charge < -0.3 is 5.11 Å². The highest BCUT2D eigenvalue weighted by Crippen LogP contribution is 2.15. The van der Waals surface area contributed by atoms with Crippen LogP contribution in [0.3, 0.4) is 0 Å². The van der Waals surface area contributed by atoms with Gasteiger partial charge in [-0.15, -0.1) is 0 Å². The Kier molecular flexibility index (Phi) is 2.64. The highest BCUT2D eigenvalue weighted by Gasteiger charge is 2.28. The zero-order valence-corrected chi connectivity index (χ0v) is 6.80. The zero-order valence-electron chi connectivity index (χ0n) is 6.04. The summed E-state index contributed by atoms with van der Waals surface area (Å²) in [6, 6.07) is 0. The SMILES string of the molecule is OCC(F)(F)Cn1cc(Cl)cn1. The van der Waals surface area contributed by atoms with Crippen LogP contribution in [-0.4, -0.2) is 27.4 Å². The maximum absolute atomic E-state index is 12.5. The number of halogens is 3. The van der Waals surface area contributed by atoms with Gasteiger partial charge in [-0.1, -0.05) is 11.6 Å². The Morgan fingerprint density at radius 1 is 1.67 bits per heavy atom. The molecule has 1 rings (SSSR count). The van der Waals surface area contributed by atoms with Crippen LogP contribution in [0.4, 0.5) is 8.78 Å². The van der Waals surface area contributed by atoms with Crippen molar-refractivity contribution in [2.75, 3.05) is 6.61 Å². The quantitative estimate of drug-likeness (QED) is 0.788. The molecule has 0 saturated carbocycles. The van der Waals surface area contributed by atoms with Crippen LogP contribution in [0, 0.1) is 0 Å². The van der Waals surface area contributed by atoms with Crippen LogP contribution in [0.1, 0.15) is 0 Å². The van der Waals surface area contributed by atoms with Crippen molar-refractivity contribution in [3.05, 3.63) is 17.4 Å². The Bertz CT molecular complexity index is 264. The van der Waals surface area contributed by atoms with Crippen molar-refractivity contribution in [3.8, 4) is 0 Å². The van der Waals surface area contributed by atoms with Crippen LogP contribution in [0.25, 0.3) is 0 Å². The van der Waals surface area contributed by atoms with E-state index >= 15 is 0 Å². The van der Waals surface area contributed by atoms with Gasteiger partial charge in [-0.2, -0.15) is 5.10 Å². The first-order valence-corrected chi connectivity index (χ1v) is 3.58. The first-order chi connectivity index (χ1) is 5.53. The van der Waals surface area contributed by atoms with Crippen LogP contribution in [0.5, 0.6) is 0 Å². The van der Waals surface area contributed by atoms with Gasteiger partial charge in [0.2, 0.25) is 0 Å². The summed E-state index contributed by atoms with van der Waals surface area (Å²) < 4.78 is 26.0. The Morgan fingerprint density at radius 2 is 2.33 bits per heavy atom. The maximum Gasteiger partial charge on any atom is 0.289 e. The maximum atomic E-state index is 12.5. The minimum atomic E-state index is -3.14. The van der Waals surface area contributed by atoms with Crippen molar-refractivity contribution in [1.82, 2.24) is 9.78 Å². The molecule has 0 spiro atoms. The average molecular weight is 197 g/mol. The van der Waals surface area contributed by atoms with Crippen LogP contribution in [-0.2, 0) is 6.54 Å². The number of nitrogens with zero attached hydrogens (tertiary/aromatic N) is 2. The van der Waals surface area contributed by atoms with Gasteiger partial charge in [0.1, 0.15) is 13.2 Å². The predicted molar refractivity (Wildman–Crippen MR) is 39.3 cm³/mol. The van der Waals surface area contributed by atoms with Gasteiger partial charge in [0.15, 0.2) is 0 Å². The number of aliphatic hydroxyl groups excluding tert-OH is 1. The standard InChI is InChI=1S/C6H7ClF2N2O/c7-5-1-10-11(2-5)3-6(8,9)4-12/h1-2,12H,3-4H2. The molecule has 0 fully saturated rings. The molecule has 0 radical (unpaired) electrons. The second-order valence-electron chi connectivity index (χ2n) is 2.37. The van der Waals surface area contributed by atoms with Gasteiger partial charge in [0.25, 0.3) is 5.92 Å². The molecule has 0 bridgehead atoms. The zero-order chi connectivity index (χ0) is 9.19. The summed E-state index contributed by atoms with van der Waals surface area (Å²) in [6.45, 7) is -1.85. The van der Waals surface area contributed by atoms with Gasteiger partial charge in [0.05, 0.1) is 11.2 Å². The van der Waals surface area contributed by atoms with E-state index in [1.54, 1.807) is 0 Å². The monoisotopic (exact) mass is 196 g/mol. The molecule has 1 aromatic rings. The average Bonchev–Trinajstić information content (AvgIpc) is 2.35. The summed E-state index contributed by atoms with van der Waals surface area (Å²) in [5.41, 5.74) is 0. The van der Waals surface area contributed by atoms with Gasteiger partial charge in [0, 0.05) is 6.20 Å². The molecule has 3 nitrogen and oxygen atoms in total. The molecule has 6 heteroatoms. The summed E-state index contributed by atoms with van der Waals surface area (Å²) in [4.78, 5) is 0. The number of alkyl halides is 2. The lowest BCUT2D eigenvalue weighted by molar-refractivity contribution is -0.0652. The van der Waals surface area contributed by atoms with E-state index in [-0.39, 0.29) is 0 Å². The third kappa shape index (κ3) is 2.42. The summed E-state index contributed by atoms with van der Waals surface area (Å²) in [5, 5.41) is 12.1. The lowest BCUT2D eigenvalue weighted by Gasteiger charge is -2.12. The minimum absolute atomic E-state index is 0.295. The molecule has 0 aromatic carbocycles. The first kappa shape index (κ1) is 9.41. The highest BCUT2D eigenvalue weighted by molar-refractivity contribution is 6.30. The first-order valence-electron chi connectivity index (χ1n) is 3.20. The summed E-state index contributed by atoms with van der Waals surface area (Å²) in [5.74, 6) is -3.14. The van der Waals surface area contributed by atoms with Crippen molar-refractivity contribution in [2.45, 2.75) is 12.5 Å². The smallest absolute Gasteiger partial charge is 0.289 e. The third-order valence-electron chi connectivity index (χ3n) is 1.23. The second kappa shape index (κ2) is 3.37. The Hall–Kier alpha value is -0.680. The normalized spacial score (nSPS) is 12.0. The van der Waals surface area contributed by atoms with E-state index < -0.39 is 19.1 Å². The molecular formula is C6H7ClF2N2O. The number of hydrogen-bond donors (Lipinski definition) is 1. The number of aromatic nitrogens is 2. The fourth-order valence-electron chi connectivity index (χ4n) is 0.712. The largest absolute Gasteiger partial charge is 0.390 e. The van der Waals surface area contributed by atoms with Crippen molar-refractivity contribution in [1.29, 1.82) is 0 Å². The van der Waals surface area contributed by atoms with E-state index in [4.69, 9.17) is 16.7 Å². The topological polar surface area (TPSA) is 38.0 Å². The second-order valence-corrected chi connectivity index (χ2v) is 2.81. The van der Waals surface area contributed by atoms with E-state index in [0.717, 1.165) is 4.68 Å². The van der Waals surface area contributed by atoms with Crippen molar-refractivity contribution in [3.63, 3.8) is 0 Å². The molecule has 1 aromatic heterocycles. The minimum Gasteiger partial charge on any atom is -0.390 e. The van der Waals surface area contributed by atoms with Gasteiger partial charge in [-0.05, 0) is 0 Å². The lowest BCUT2D eigenvalue weighted by atomic mass is 10.4. The Morgan fingerprint density at radius 3 is 2.75 bits per heavy atom. The van der Waals surface area contributed by atoms with Crippen LogP contribution in [0.15, 0.2) is 12.4 Å². The molecule has 0 aliphatic carbocycles. The van der Waals surface area contributed by atoms with Crippen molar-refractivity contribution in [2.24, 2.45) is 0 Å². The number of rotatable bonds is 3. The van der Waals surface area contributed by atoms with Crippen molar-refractivity contribution >= 4 is 11.6 Å². The molecule has 1 heterocycles. The number of aliphatic hydroxyl groups is 1. The summed E-state index contributed by atoms with van der Waals surface area (Å²) >= 11 is 5.44. The predicted octanol–water partition coefficient (Wildman–Crippen LogP) is 1.16. The fourth-order valence-corrected chi connectivity index (χ4v) is 0.868. The third-order valence-corrected chi connectivity index (χ3v) is 1.42. The Labute approximate surface area is 72.6 Å². The summed E-state index contributed by atoms with van der Waals surface area (Å²) in [6.07, 6.45) is 2.53. The highest BCUT2D eigenvalue weighted by atomic mass is 35.5. The molecule has 68 valence electrons. The van der Waals surface area contributed by atoms with Crippen molar-refractivity contribution < 1.29 is 13.9 Å². The van der Waals surface area contributed by atoms with E-state index in [2.05, 4.69) is 5.10 Å². The van der Waals surface area contributed by atoms with E-state index in [1.165, 1.54) is 12.4 Å². The van der Waals surface area contributed by atoms with E-state index in [9.17, 15) is 8.78 Å². The van der Waals surface area contributed by atoms with E-state index in [1.807, 2.05) is 0 Å². The van der Waals surface area contributed by atoms with Gasteiger partial charge >= 0.3 is 0 Å². The molecule has 0 aliphatic heterocycles. The molecular weight excluding hydrogens is 190 g/mol. The van der Waals surface area contributed by atoms with Gasteiger partial charge in [-0.25, -0.2) is 8.78 Å². The molecule has 0 amide bonds. The summed E-state index contributed by atoms with van der Waals surface area (Å²) in [7, 11) is 0. The molecule has 0 unspecified atom stereocenters. The molecule has 0 aliphatic rings. The fraction of sp³-hybridized carbons (Fsp3) is 0.500. The van der Waals surface area contributed by atoms with E-state index in [0.29, 0.717) is 5.02 Å². The number of hydrogen-bond acceptors (Lipinski definition) is 2. The van der Waals surface area contributed by atoms with Gasteiger partial charge in [-0.3, -0.25) is 4.68 Å². The van der Waals surface area contributed by atoms with Crippen LogP contribution >= 0.6 is 11.6 Å². The Balaban J connectivity index is 2.63. The molecule has 12 heavy (non-hydrogen) atoms. The van der Waals surface area contributed by atoms with Crippen LogP contribution in [0.2, 0.25) is 5.02 Å². The molecule has 0 atom stereocenters.